The van der Waals surface area contributed by atoms with Gasteiger partial charge in [0.15, 0.2) is 5.82 Å². The van der Waals surface area contributed by atoms with Crippen LogP contribution in [0.15, 0.2) is 30.5 Å². The zero-order valence-corrected chi connectivity index (χ0v) is 26.1. The number of pyridine rings is 1. The van der Waals surface area contributed by atoms with E-state index in [1.807, 2.05) is 0 Å². The number of hydrogen-bond acceptors (Lipinski definition) is 8. The number of rotatable bonds is 5. The van der Waals surface area contributed by atoms with Crippen molar-refractivity contribution in [3.63, 3.8) is 0 Å². The maximum absolute atomic E-state index is 16.9. The molecular weight excluding hydrogens is 607 g/mol. The van der Waals surface area contributed by atoms with E-state index in [1.54, 1.807) is 0 Å². The molecule has 4 fully saturated rings. The fourth-order valence-corrected chi connectivity index (χ4v) is 8.52. The summed E-state index contributed by atoms with van der Waals surface area (Å²) in [5.74, 6) is 1.36. The SMILES string of the molecule is C#Cc1c(F)ccc2cc(O)cc(-c3ncc4c(N5CCCC6(CCOCC6)C5)nc(OC[C@@]56CCCN5C[C@H](F)C6)nc4c3F)c12. The first-order valence-corrected chi connectivity index (χ1v) is 16.4. The standard InChI is InChI=1S/C36H36F3N5O3/c1-2-25-28(38)6-5-22-15-24(45)16-26(29(22)25)31-30(39)32-27(18-40-31)33(43-11-3-7-35(20-43)9-13-46-14-10-35)42-34(41-32)47-21-36-8-4-12-44(36)19-23(37)17-36/h1,5-6,15-16,18,23,45H,3-4,7-14,17,19-21H2/t23-,36+/m1/s1. The average molecular weight is 644 g/mol. The van der Waals surface area contributed by atoms with Crippen LogP contribution in [0, 0.1) is 29.4 Å². The maximum Gasteiger partial charge on any atom is 0.319 e. The number of piperidine rings is 1. The van der Waals surface area contributed by atoms with Crippen LogP contribution in [0.1, 0.15) is 50.5 Å². The minimum atomic E-state index is -0.920. The predicted octanol–water partition coefficient (Wildman–Crippen LogP) is 6.16. The van der Waals surface area contributed by atoms with Gasteiger partial charge in [0.1, 0.15) is 41.4 Å². The summed E-state index contributed by atoms with van der Waals surface area (Å²) >= 11 is 0. The number of hydrogen-bond donors (Lipinski definition) is 1. The van der Waals surface area contributed by atoms with Gasteiger partial charge in [-0.25, -0.2) is 13.2 Å². The van der Waals surface area contributed by atoms with Gasteiger partial charge >= 0.3 is 6.01 Å². The van der Waals surface area contributed by atoms with E-state index in [2.05, 4.69) is 25.7 Å². The minimum Gasteiger partial charge on any atom is -0.508 e. The van der Waals surface area contributed by atoms with Crippen LogP contribution in [-0.4, -0.2) is 82.7 Å². The Balaban J connectivity index is 1.27. The van der Waals surface area contributed by atoms with E-state index in [0.717, 1.165) is 58.2 Å². The topological polar surface area (TPSA) is 83.8 Å². The molecule has 4 aliphatic rings. The lowest BCUT2D eigenvalue weighted by Crippen LogP contribution is -2.46. The highest BCUT2D eigenvalue weighted by Crippen LogP contribution is 2.44. The van der Waals surface area contributed by atoms with Gasteiger partial charge in [-0.3, -0.25) is 9.88 Å². The zero-order chi connectivity index (χ0) is 32.3. The highest BCUT2D eigenvalue weighted by atomic mass is 19.1. The van der Waals surface area contributed by atoms with E-state index in [9.17, 15) is 13.9 Å². The number of anilines is 1. The number of halogens is 3. The molecule has 2 aromatic heterocycles. The monoisotopic (exact) mass is 643 g/mol. The van der Waals surface area contributed by atoms with Crippen LogP contribution in [0.3, 0.4) is 0 Å². The van der Waals surface area contributed by atoms with Crippen molar-refractivity contribution in [3.8, 4) is 35.4 Å². The number of terminal acetylenes is 1. The van der Waals surface area contributed by atoms with Gasteiger partial charge in [-0.05, 0) is 74.1 Å². The molecule has 244 valence electrons. The second-order valence-corrected chi connectivity index (χ2v) is 13.7. The Labute approximate surface area is 270 Å². The fourth-order valence-electron chi connectivity index (χ4n) is 8.52. The highest BCUT2D eigenvalue weighted by molar-refractivity contribution is 6.03. The molecule has 47 heavy (non-hydrogen) atoms. The molecular formula is C36H36F3N5O3. The smallest absolute Gasteiger partial charge is 0.319 e. The van der Waals surface area contributed by atoms with Crippen molar-refractivity contribution in [2.45, 2.75) is 56.7 Å². The minimum absolute atomic E-state index is 0.00711. The van der Waals surface area contributed by atoms with E-state index in [0.29, 0.717) is 42.8 Å². The molecule has 0 radical (unpaired) electrons. The van der Waals surface area contributed by atoms with Crippen LogP contribution in [0.4, 0.5) is 19.0 Å². The summed E-state index contributed by atoms with van der Waals surface area (Å²) in [6.45, 7) is 4.26. The van der Waals surface area contributed by atoms with Crippen molar-refractivity contribution < 1.29 is 27.8 Å². The number of nitrogens with zero attached hydrogens (tertiary/aromatic N) is 5. The molecule has 8 rings (SSSR count). The number of aromatic hydroxyl groups is 1. The number of alkyl halides is 1. The van der Waals surface area contributed by atoms with Gasteiger partial charge in [0.25, 0.3) is 0 Å². The lowest BCUT2D eigenvalue weighted by molar-refractivity contribution is 0.00748. The molecule has 8 nitrogen and oxygen atoms in total. The summed E-state index contributed by atoms with van der Waals surface area (Å²) in [5.41, 5.74) is -0.411. The van der Waals surface area contributed by atoms with Crippen LogP contribution in [-0.2, 0) is 4.74 Å². The molecule has 4 aliphatic heterocycles. The first kappa shape index (κ1) is 30.2. The molecule has 2 aromatic carbocycles. The molecule has 0 saturated carbocycles. The molecule has 2 atom stereocenters. The van der Waals surface area contributed by atoms with Crippen molar-refractivity contribution in [2.24, 2.45) is 5.41 Å². The van der Waals surface area contributed by atoms with Crippen LogP contribution < -0.4 is 9.64 Å². The molecule has 0 aliphatic carbocycles. The summed E-state index contributed by atoms with van der Waals surface area (Å²) < 4.78 is 58.3. The maximum atomic E-state index is 16.9. The van der Waals surface area contributed by atoms with Gasteiger partial charge in [-0.15, -0.1) is 6.42 Å². The van der Waals surface area contributed by atoms with Gasteiger partial charge in [0.05, 0.1) is 16.5 Å². The number of fused-ring (bicyclic) bond motifs is 3. The van der Waals surface area contributed by atoms with E-state index in [-0.39, 0.29) is 51.5 Å². The third-order valence-electron chi connectivity index (χ3n) is 10.8. The van der Waals surface area contributed by atoms with E-state index < -0.39 is 23.3 Å². The molecule has 11 heteroatoms. The number of ether oxygens (including phenoxy) is 2. The second kappa shape index (κ2) is 11.5. The molecule has 0 bridgehead atoms. The number of phenols is 1. The Morgan fingerprint density at radius 1 is 1.09 bits per heavy atom. The van der Waals surface area contributed by atoms with Gasteiger partial charge in [0, 0.05) is 56.4 Å². The van der Waals surface area contributed by atoms with Gasteiger partial charge in [0.2, 0.25) is 0 Å². The quantitative estimate of drug-likeness (QED) is 0.259. The van der Waals surface area contributed by atoms with Crippen molar-refractivity contribution >= 4 is 27.5 Å². The number of benzene rings is 2. The van der Waals surface area contributed by atoms with Crippen LogP contribution in [0.5, 0.6) is 11.8 Å². The predicted molar refractivity (Wildman–Crippen MR) is 172 cm³/mol. The summed E-state index contributed by atoms with van der Waals surface area (Å²) in [4.78, 5) is 18.3. The van der Waals surface area contributed by atoms with Crippen molar-refractivity contribution in [3.05, 3.63) is 47.7 Å². The largest absolute Gasteiger partial charge is 0.508 e. The van der Waals surface area contributed by atoms with Crippen LogP contribution in [0.2, 0.25) is 0 Å². The van der Waals surface area contributed by atoms with Crippen molar-refractivity contribution in [2.75, 3.05) is 50.9 Å². The average Bonchev–Trinajstić information content (AvgIpc) is 3.59. The number of phenolic OH excluding ortho intramolecular Hbond substituents is 1. The molecule has 4 saturated heterocycles. The van der Waals surface area contributed by atoms with Gasteiger partial charge in [-0.2, -0.15) is 9.97 Å². The van der Waals surface area contributed by atoms with E-state index in [1.165, 1.54) is 30.5 Å². The number of aromatic nitrogens is 3. The Bertz CT molecular complexity index is 1920. The lowest BCUT2D eigenvalue weighted by atomic mass is 9.74. The summed E-state index contributed by atoms with van der Waals surface area (Å²) in [6, 6.07) is 5.50. The first-order chi connectivity index (χ1) is 22.8. The van der Waals surface area contributed by atoms with Crippen LogP contribution >= 0.6 is 0 Å². The first-order valence-electron chi connectivity index (χ1n) is 16.4. The molecule has 1 spiro atoms. The summed E-state index contributed by atoms with van der Waals surface area (Å²) in [5, 5.41) is 11.7. The Morgan fingerprint density at radius 2 is 1.91 bits per heavy atom. The Hall–Kier alpha value is -4.14. The van der Waals surface area contributed by atoms with Gasteiger partial charge in [-0.1, -0.05) is 12.0 Å². The van der Waals surface area contributed by atoms with E-state index >= 15 is 4.39 Å². The normalized spacial score (nSPS) is 24.2. The third kappa shape index (κ3) is 5.13. The van der Waals surface area contributed by atoms with Crippen molar-refractivity contribution in [1.29, 1.82) is 0 Å². The zero-order valence-electron chi connectivity index (χ0n) is 26.1. The lowest BCUT2D eigenvalue weighted by Gasteiger charge is -2.45. The second-order valence-electron chi connectivity index (χ2n) is 13.7. The summed E-state index contributed by atoms with van der Waals surface area (Å²) in [6.07, 6.45) is 12.4. The van der Waals surface area contributed by atoms with E-state index in [4.69, 9.17) is 20.9 Å². The molecule has 1 N–H and O–H groups in total. The Kier molecular flexibility index (Phi) is 7.41. The molecule has 0 amide bonds. The Morgan fingerprint density at radius 3 is 2.74 bits per heavy atom. The fraction of sp³-hybridized carbons (Fsp3) is 0.472. The third-order valence-corrected chi connectivity index (χ3v) is 10.8. The molecule has 6 heterocycles. The van der Waals surface area contributed by atoms with Gasteiger partial charge < -0.3 is 19.5 Å². The molecule has 4 aromatic rings. The summed E-state index contributed by atoms with van der Waals surface area (Å²) in [7, 11) is 0. The van der Waals surface area contributed by atoms with Crippen LogP contribution in [0.25, 0.3) is 32.9 Å². The van der Waals surface area contributed by atoms with Crippen molar-refractivity contribution in [1.82, 2.24) is 19.9 Å². The molecule has 0 unspecified atom stereocenters. The highest BCUT2D eigenvalue weighted by Gasteiger charge is 2.49.